The van der Waals surface area contributed by atoms with Crippen LogP contribution in [0.2, 0.25) is 0 Å². The first kappa shape index (κ1) is 33.9. The van der Waals surface area contributed by atoms with Crippen LogP contribution in [0.3, 0.4) is 0 Å². The van der Waals surface area contributed by atoms with Crippen LogP contribution in [-0.2, 0) is 22.6 Å². The molecule has 0 aliphatic carbocycles. The number of aryl methyl sites for hydroxylation is 2. The number of ether oxygens (including phenoxy) is 1. The summed E-state index contributed by atoms with van der Waals surface area (Å²) >= 11 is 0. The molecule has 0 spiro atoms. The zero-order valence-electron chi connectivity index (χ0n) is 25.0. The van der Waals surface area contributed by atoms with Gasteiger partial charge in [0, 0.05) is 36.0 Å². The van der Waals surface area contributed by atoms with Crippen LogP contribution in [0.1, 0.15) is 28.7 Å². The van der Waals surface area contributed by atoms with Crippen molar-refractivity contribution in [2.75, 3.05) is 27.2 Å². The van der Waals surface area contributed by atoms with E-state index in [0.29, 0.717) is 36.5 Å². The second-order valence-electron chi connectivity index (χ2n) is 10.4. The number of amides is 1. The quantitative estimate of drug-likeness (QED) is 0.215. The molecule has 0 saturated carbocycles. The maximum absolute atomic E-state index is 12.8. The molecule has 8 nitrogen and oxygen atoms in total. The van der Waals surface area contributed by atoms with E-state index in [1.165, 1.54) is 5.56 Å². The van der Waals surface area contributed by atoms with E-state index in [-0.39, 0.29) is 12.3 Å². The lowest BCUT2D eigenvalue weighted by Crippen LogP contribution is -2.31. The first-order valence-corrected chi connectivity index (χ1v) is 13.8. The summed E-state index contributed by atoms with van der Waals surface area (Å²) in [6, 6.07) is 22.4. The Hall–Kier alpha value is -4.64. The molecule has 2 N–H and O–H groups in total. The summed E-state index contributed by atoms with van der Waals surface area (Å²) in [5.74, 6) is -2.15. The molecule has 0 atom stereocenters. The molecule has 1 aromatic heterocycles. The maximum atomic E-state index is 12.8. The number of alkyl halides is 3. The van der Waals surface area contributed by atoms with Gasteiger partial charge in [-0.2, -0.15) is 13.2 Å². The largest absolute Gasteiger partial charge is 0.490 e. The van der Waals surface area contributed by atoms with E-state index < -0.39 is 17.8 Å². The second-order valence-corrected chi connectivity index (χ2v) is 10.4. The number of hydrogen-bond acceptors (Lipinski definition) is 6. The Morgan fingerprint density at radius 1 is 0.932 bits per heavy atom. The van der Waals surface area contributed by atoms with Gasteiger partial charge in [0.05, 0.1) is 0 Å². The van der Waals surface area contributed by atoms with Crippen molar-refractivity contribution in [3.8, 4) is 16.9 Å². The SMILES string of the molecule is Cc1c(CCC(=O)NCCN(C)C)c(=O)oc2c(C)c(OCc3ccc(-c4ccccc4)cc3)ccc12.O=C(O)C(F)(F)F. The zero-order valence-corrected chi connectivity index (χ0v) is 25.0. The van der Waals surface area contributed by atoms with Gasteiger partial charge in [-0.3, -0.25) is 4.79 Å². The van der Waals surface area contributed by atoms with Gasteiger partial charge >= 0.3 is 17.8 Å². The molecular weight excluding hydrogens is 577 g/mol. The molecule has 1 heterocycles. The first-order chi connectivity index (χ1) is 20.8. The standard InChI is InChI=1S/C31H34N2O4.C2HF3O2/c1-21-26-14-16-28(36-20-23-10-12-25(13-11-23)24-8-6-5-7-9-24)22(2)30(26)37-31(35)27(21)15-17-29(34)32-18-19-33(3)4;3-2(4,5)1(6)7/h5-14,16H,15,17-20H2,1-4H3,(H,32,34);(H,6,7). The molecule has 4 rings (SSSR count). The molecule has 0 radical (unpaired) electrons. The van der Waals surface area contributed by atoms with E-state index in [9.17, 15) is 22.8 Å². The predicted octanol–water partition coefficient (Wildman–Crippen LogP) is 5.90. The fourth-order valence-corrected chi connectivity index (χ4v) is 4.35. The molecule has 0 bridgehead atoms. The number of carboxylic acids is 1. The third kappa shape index (κ3) is 9.43. The summed E-state index contributed by atoms with van der Waals surface area (Å²) < 4.78 is 43.6. The average Bonchev–Trinajstić information content (AvgIpc) is 2.97. The lowest BCUT2D eigenvalue weighted by molar-refractivity contribution is -0.192. The van der Waals surface area contributed by atoms with Crippen LogP contribution < -0.4 is 15.7 Å². The Labute approximate surface area is 253 Å². The van der Waals surface area contributed by atoms with Crippen molar-refractivity contribution in [1.82, 2.24) is 10.2 Å². The van der Waals surface area contributed by atoms with Gasteiger partial charge in [-0.25, -0.2) is 9.59 Å². The number of benzene rings is 3. The topological polar surface area (TPSA) is 109 Å². The third-order valence-corrected chi connectivity index (χ3v) is 6.84. The van der Waals surface area contributed by atoms with Crippen LogP contribution in [0.4, 0.5) is 13.2 Å². The number of carbonyl (C=O) groups excluding carboxylic acids is 1. The summed E-state index contributed by atoms with van der Waals surface area (Å²) in [6.07, 6.45) is -4.50. The van der Waals surface area contributed by atoms with E-state index >= 15 is 0 Å². The minimum atomic E-state index is -5.08. The lowest BCUT2D eigenvalue weighted by atomic mass is 10.00. The predicted molar refractivity (Wildman–Crippen MR) is 162 cm³/mol. The Kier molecular flexibility index (Phi) is 11.7. The molecular formula is C33H35F3N2O6. The Morgan fingerprint density at radius 3 is 2.14 bits per heavy atom. The number of hydrogen-bond donors (Lipinski definition) is 2. The molecule has 0 aliphatic rings. The number of rotatable bonds is 10. The van der Waals surface area contributed by atoms with Crippen LogP contribution in [0.5, 0.6) is 5.75 Å². The molecule has 11 heteroatoms. The van der Waals surface area contributed by atoms with Crippen molar-refractivity contribution in [3.63, 3.8) is 0 Å². The minimum Gasteiger partial charge on any atom is -0.488 e. The van der Waals surface area contributed by atoms with Crippen LogP contribution in [0.25, 0.3) is 22.1 Å². The smallest absolute Gasteiger partial charge is 0.488 e. The van der Waals surface area contributed by atoms with E-state index in [0.717, 1.165) is 34.2 Å². The van der Waals surface area contributed by atoms with Crippen LogP contribution in [0, 0.1) is 13.8 Å². The highest BCUT2D eigenvalue weighted by molar-refractivity contribution is 5.86. The van der Waals surface area contributed by atoms with Gasteiger partial charge in [-0.15, -0.1) is 0 Å². The molecule has 0 fully saturated rings. The number of aliphatic carboxylic acids is 1. The van der Waals surface area contributed by atoms with Gasteiger partial charge < -0.3 is 24.5 Å². The van der Waals surface area contributed by atoms with Gasteiger partial charge in [-0.1, -0.05) is 54.6 Å². The number of carbonyl (C=O) groups is 2. The van der Waals surface area contributed by atoms with Crippen molar-refractivity contribution in [3.05, 3.63) is 99.4 Å². The van der Waals surface area contributed by atoms with Gasteiger partial charge in [0.2, 0.25) is 5.91 Å². The van der Waals surface area contributed by atoms with Crippen molar-refractivity contribution in [2.24, 2.45) is 0 Å². The average molecular weight is 613 g/mol. The first-order valence-electron chi connectivity index (χ1n) is 13.8. The summed E-state index contributed by atoms with van der Waals surface area (Å²) in [4.78, 5) is 35.9. The number of nitrogens with one attached hydrogen (secondary N) is 1. The monoisotopic (exact) mass is 612 g/mol. The highest BCUT2D eigenvalue weighted by Crippen LogP contribution is 2.30. The summed E-state index contributed by atoms with van der Waals surface area (Å²) in [5.41, 5.74) is 5.68. The number of halogens is 3. The number of fused-ring (bicyclic) bond motifs is 1. The summed E-state index contributed by atoms with van der Waals surface area (Å²) in [5, 5.41) is 10.9. The Morgan fingerprint density at radius 2 is 1.55 bits per heavy atom. The van der Waals surface area contributed by atoms with Crippen LogP contribution in [0.15, 0.2) is 75.9 Å². The fraction of sp³-hybridized carbons (Fsp3) is 0.303. The normalized spacial score (nSPS) is 11.2. The van der Waals surface area contributed by atoms with Crippen molar-refractivity contribution < 1.29 is 37.0 Å². The number of nitrogens with zero attached hydrogens (tertiary/aromatic N) is 1. The molecule has 44 heavy (non-hydrogen) atoms. The number of likely N-dealkylation sites (N-methyl/N-ethyl adjacent to an activating group) is 1. The summed E-state index contributed by atoms with van der Waals surface area (Å²) in [7, 11) is 3.91. The fourth-order valence-electron chi connectivity index (χ4n) is 4.35. The van der Waals surface area contributed by atoms with E-state index in [1.54, 1.807) is 0 Å². The van der Waals surface area contributed by atoms with Crippen molar-refractivity contribution >= 4 is 22.8 Å². The maximum Gasteiger partial charge on any atom is 0.490 e. The van der Waals surface area contributed by atoms with Gasteiger partial charge in [0.25, 0.3) is 0 Å². The van der Waals surface area contributed by atoms with Gasteiger partial charge in [0.1, 0.15) is 17.9 Å². The number of carboxylic acid groups (broad SMARTS) is 1. The van der Waals surface area contributed by atoms with Crippen LogP contribution >= 0.6 is 0 Å². The summed E-state index contributed by atoms with van der Waals surface area (Å²) in [6.45, 7) is 5.57. The third-order valence-electron chi connectivity index (χ3n) is 6.84. The molecule has 3 aromatic carbocycles. The zero-order chi connectivity index (χ0) is 32.4. The minimum absolute atomic E-state index is 0.0718. The molecule has 4 aromatic rings. The van der Waals surface area contributed by atoms with E-state index in [4.69, 9.17) is 19.1 Å². The molecule has 234 valence electrons. The van der Waals surface area contributed by atoms with Crippen molar-refractivity contribution in [1.29, 1.82) is 0 Å². The van der Waals surface area contributed by atoms with Gasteiger partial charge in [0.15, 0.2) is 0 Å². The molecule has 1 amide bonds. The van der Waals surface area contributed by atoms with Crippen LogP contribution in [-0.4, -0.2) is 55.2 Å². The Bertz CT molecular complexity index is 1630. The Balaban J connectivity index is 0.000000676. The van der Waals surface area contributed by atoms with E-state index in [2.05, 4.69) is 41.7 Å². The highest BCUT2D eigenvalue weighted by atomic mass is 19.4. The van der Waals surface area contributed by atoms with Gasteiger partial charge in [-0.05, 0) is 68.8 Å². The van der Waals surface area contributed by atoms with Crippen molar-refractivity contribution in [2.45, 2.75) is 39.5 Å². The molecule has 0 saturated heterocycles. The second kappa shape index (κ2) is 15.2. The lowest BCUT2D eigenvalue weighted by Gasteiger charge is -2.14. The highest BCUT2D eigenvalue weighted by Gasteiger charge is 2.38. The molecule has 0 aliphatic heterocycles. The van der Waals surface area contributed by atoms with E-state index in [1.807, 2.05) is 63.2 Å². The molecule has 0 unspecified atom stereocenters.